The third-order valence-corrected chi connectivity index (χ3v) is 2.96. The topological polar surface area (TPSA) is 46.5 Å². The fraction of sp³-hybridized carbons (Fsp3) is 0.133. The molecule has 0 aliphatic carbocycles. The highest BCUT2D eigenvalue weighted by Gasteiger charge is 2.12. The van der Waals surface area contributed by atoms with Gasteiger partial charge in [0.1, 0.15) is 5.75 Å². The van der Waals surface area contributed by atoms with E-state index in [2.05, 4.69) is 4.94 Å². The number of carbonyl (C=O) groups is 1. The molecule has 0 saturated carbocycles. The second kappa shape index (κ2) is 5.10. The van der Waals surface area contributed by atoms with Crippen molar-refractivity contribution in [3.05, 3.63) is 47.5 Å². The van der Waals surface area contributed by atoms with Crippen LogP contribution in [0.4, 0.5) is 4.53 Å². The largest absolute Gasteiger partial charge is 0.508 e. The molecule has 1 N–H and O–H groups in total. The van der Waals surface area contributed by atoms with E-state index in [1.54, 1.807) is 25.1 Å². The summed E-state index contributed by atoms with van der Waals surface area (Å²) in [7, 11) is 0. The molecule has 2 rings (SSSR count). The number of benzene rings is 2. The summed E-state index contributed by atoms with van der Waals surface area (Å²) < 4.78 is 12.1. The molecule has 19 heavy (non-hydrogen) atoms. The number of phenolic OH excluding ortho intramolecular Hbond substituents is 1. The molecule has 0 atom stereocenters. The van der Waals surface area contributed by atoms with Gasteiger partial charge in [0.2, 0.25) is 0 Å². The Morgan fingerprint density at radius 3 is 2.42 bits per heavy atom. The SMILES string of the molecule is CC(=O)c1cc(O)ccc1-c1ccc(OF)cc1C. The lowest BCUT2D eigenvalue weighted by Gasteiger charge is -2.11. The van der Waals surface area contributed by atoms with Crippen LogP contribution in [0.3, 0.4) is 0 Å². The minimum atomic E-state index is -0.142. The fourth-order valence-corrected chi connectivity index (χ4v) is 2.04. The molecule has 0 fully saturated rings. The van der Waals surface area contributed by atoms with Crippen molar-refractivity contribution < 1.29 is 19.4 Å². The summed E-state index contributed by atoms with van der Waals surface area (Å²) in [6.45, 7) is 3.24. The van der Waals surface area contributed by atoms with Crippen molar-refractivity contribution in [1.29, 1.82) is 0 Å². The summed E-state index contributed by atoms with van der Waals surface area (Å²) >= 11 is 0. The Morgan fingerprint density at radius 1 is 1.16 bits per heavy atom. The molecular formula is C15H13FO3. The van der Waals surface area contributed by atoms with Gasteiger partial charge in [-0.25, -0.2) is 0 Å². The Labute approximate surface area is 110 Å². The molecule has 0 aliphatic heterocycles. The number of halogens is 1. The van der Waals surface area contributed by atoms with Crippen LogP contribution < -0.4 is 4.94 Å². The second-order valence-corrected chi connectivity index (χ2v) is 4.34. The van der Waals surface area contributed by atoms with E-state index in [-0.39, 0.29) is 17.3 Å². The molecule has 0 saturated heterocycles. The zero-order valence-electron chi connectivity index (χ0n) is 10.6. The van der Waals surface area contributed by atoms with Crippen molar-refractivity contribution in [1.82, 2.24) is 0 Å². The second-order valence-electron chi connectivity index (χ2n) is 4.34. The fourth-order valence-electron chi connectivity index (χ4n) is 2.04. The molecule has 0 spiro atoms. The molecule has 3 nitrogen and oxygen atoms in total. The predicted molar refractivity (Wildman–Crippen MR) is 70.0 cm³/mol. The number of ketones is 1. The average molecular weight is 260 g/mol. The van der Waals surface area contributed by atoms with Crippen LogP contribution in [0.1, 0.15) is 22.8 Å². The zero-order chi connectivity index (χ0) is 14.0. The summed E-state index contributed by atoms with van der Waals surface area (Å²) in [4.78, 5) is 15.3. The minimum absolute atomic E-state index is 0.0373. The van der Waals surface area contributed by atoms with E-state index < -0.39 is 0 Å². The lowest BCUT2D eigenvalue weighted by Crippen LogP contribution is -1.97. The van der Waals surface area contributed by atoms with Gasteiger partial charge in [-0.05, 0) is 60.9 Å². The first-order chi connectivity index (χ1) is 9.02. The average Bonchev–Trinajstić information content (AvgIpc) is 2.39. The van der Waals surface area contributed by atoms with Crippen LogP contribution in [0.2, 0.25) is 0 Å². The summed E-state index contributed by atoms with van der Waals surface area (Å²) in [6.07, 6.45) is 0. The van der Waals surface area contributed by atoms with Crippen molar-refractivity contribution >= 4 is 5.78 Å². The highest BCUT2D eigenvalue weighted by Crippen LogP contribution is 2.31. The third-order valence-electron chi connectivity index (χ3n) is 2.96. The number of Topliss-reactive ketones (excluding diaryl/α,β-unsaturated/α-hetero) is 1. The van der Waals surface area contributed by atoms with E-state index in [4.69, 9.17) is 0 Å². The van der Waals surface area contributed by atoms with Gasteiger partial charge in [0.05, 0.1) is 0 Å². The van der Waals surface area contributed by atoms with Crippen LogP contribution >= 0.6 is 0 Å². The third kappa shape index (κ3) is 2.57. The number of aryl methyl sites for hydroxylation is 1. The van der Waals surface area contributed by atoms with E-state index >= 15 is 0 Å². The van der Waals surface area contributed by atoms with Crippen molar-refractivity contribution in [2.24, 2.45) is 0 Å². The van der Waals surface area contributed by atoms with E-state index in [1.165, 1.54) is 25.1 Å². The molecule has 0 bridgehead atoms. The number of aromatic hydroxyl groups is 1. The maximum absolute atomic E-state index is 12.1. The molecule has 2 aromatic carbocycles. The van der Waals surface area contributed by atoms with Crippen molar-refractivity contribution in [2.75, 3.05) is 0 Å². The maximum Gasteiger partial charge on any atom is 0.172 e. The Morgan fingerprint density at radius 2 is 1.84 bits per heavy atom. The van der Waals surface area contributed by atoms with Crippen LogP contribution in [-0.4, -0.2) is 10.9 Å². The highest BCUT2D eigenvalue weighted by molar-refractivity contribution is 6.01. The number of carbonyl (C=O) groups excluding carboxylic acids is 1. The lowest BCUT2D eigenvalue weighted by molar-refractivity contribution is -0.00624. The number of phenols is 1. The molecule has 0 heterocycles. The molecule has 0 radical (unpaired) electrons. The molecule has 0 aliphatic rings. The van der Waals surface area contributed by atoms with Gasteiger partial charge >= 0.3 is 0 Å². The maximum atomic E-state index is 12.1. The van der Waals surface area contributed by atoms with Gasteiger partial charge in [-0.2, -0.15) is 0 Å². The van der Waals surface area contributed by atoms with E-state index in [9.17, 15) is 14.4 Å². The van der Waals surface area contributed by atoms with Gasteiger partial charge in [-0.1, -0.05) is 6.07 Å². The summed E-state index contributed by atoms with van der Waals surface area (Å²) in [5, 5.41) is 9.46. The quantitative estimate of drug-likeness (QED) is 0.853. The smallest absolute Gasteiger partial charge is 0.172 e. The van der Waals surface area contributed by atoms with Crippen LogP contribution in [0, 0.1) is 6.92 Å². The normalized spacial score (nSPS) is 10.3. The number of hydrogen-bond acceptors (Lipinski definition) is 3. The molecule has 0 aromatic heterocycles. The Kier molecular flexibility index (Phi) is 3.51. The molecule has 98 valence electrons. The molecule has 0 unspecified atom stereocenters. The van der Waals surface area contributed by atoms with Crippen molar-refractivity contribution in [3.63, 3.8) is 0 Å². The molecule has 4 heteroatoms. The van der Waals surface area contributed by atoms with Crippen LogP contribution in [0.15, 0.2) is 36.4 Å². The zero-order valence-corrected chi connectivity index (χ0v) is 10.6. The Hall–Kier alpha value is -2.36. The lowest BCUT2D eigenvalue weighted by atomic mass is 9.94. The summed E-state index contributed by atoms with van der Waals surface area (Å²) in [5.74, 6) is 0.0100. The van der Waals surface area contributed by atoms with E-state index in [0.29, 0.717) is 11.1 Å². The van der Waals surface area contributed by atoms with Crippen LogP contribution in [-0.2, 0) is 0 Å². The van der Waals surface area contributed by atoms with Gasteiger partial charge in [-0.15, -0.1) is 0 Å². The molecule has 2 aromatic rings. The minimum Gasteiger partial charge on any atom is -0.508 e. The van der Waals surface area contributed by atoms with E-state index in [0.717, 1.165) is 11.1 Å². The summed E-state index contributed by atoms with van der Waals surface area (Å²) in [6, 6.07) is 9.33. The first kappa shape index (κ1) is 13.1. The van der Waals surface area contributed by atoms with Gasteiger partial charge in [0, 0.05) is 10.1 Å². The van der Waals surface area contributed by atoms with Crippen LogP contribution in [0.5, 0.6) is 11.5 Å². The van der Waals surface area contributed by atoms with Gasteiger partial charge in [-0.3, -0.25) is 9.74 Å². The highest BCUT2D eigenvalue weighted by atomic mass is 19.3. The van der Waals surface area contributed by atoms with Gasteiger partial charge < -0.3 is 5.11 Å². The number of hydrogen-bond donors (Lipinski definition) is 1. The standard InChI is InChI=1S/C15H13FO3/c1-9-7-12(19-16)4-6-13(9)14-5-3-11(18)8-15(14)10(2)17/h3-8,18H,1-2H3. The van der Waals surface area contributed by atoms with E-state index in [1.807, 2.05) is 0 Å². The first-order valence-electron chi connectivity index (χ1n) is 5.76. The predicted octanol–water partition coefficient (Wildman–Crippen LogP) is 3.83. The Balaban J connectivity index is 2.62. The van der Waals surface area contributed by atoms with Gasteiger partial charge in [0.15, 0.2) is 11.5 Å². The monoisotopic (exact) mass is 260 g/mol. The number of rotatable bonds is 3. The van der Waals surface area contributed by atoms with Crippen molar-refractivity contribution in [3.8, 4) is 22.6 Å². The van der Waals surface area contributed by atoms with Crippen LogP contribution in [0.25, 0.3) is 11.1 Å². The first-order valence-corrected chi connectivity index (χ1v) is 5.76. The van der Waals surface area contributed by atoms with Crippen molar-refractivity contribution in [2.45, 2.75) is 13.8 Å². The van der Waals surface area contributed by atoms with Gasteiger partial charge in [0.25, 0.3) is 0 Å². The summed E-state index contributed by atoms with van der Waals surface area (Å²) in [5.41, 5.74) is 2.71. The Bertz CT molecular complexity index is 635. The molecule has 0 amide bonds. The molecular weight excluding hydrogens is 247 g/mol.